The smallest absolute Gasteiger partial charge is 0.307 e. The fraction of sp³-hybridized carbons (Fsp3) is 0.545. The lowest BCUT2D eigenvalue weighted by atomic mass is 9.94. The number of aryl methyl sites for hydroxylation is 1. The third kappa shape index (κ3) is 2.21. The van der Waals surface area contributed by atoms with Crippen LogP contribution in [0.1, 0.15) is 30.4 Å². The molecule has 1 aromatic rings. The van der Waals surface area contributed by atoms with Gasteiger partial charge in [0.1, 0.15) is 11.5 Å². The van der Waals surface area contributed by atoms with Crippen molar-refractivity contribution in [3.05, 3.63) is 23.7 Å². The Balaban J connectivity index is 1.96. The van der Waals surface area contributed by atoms with Crippen LogP contribution in [0.2, 0.25) is 0 Å². The van der Waals surface area contributed by atoms with E-state index in [2.05, 4.69) is 5.32 Å². The van der Waals surface area contributed by atoms with Crippen LogP contribution >= 0.6 is 0 Å². The Labute approximate surface area is 88.3 Å². The van der Waals surface area contributed by atoms with Gasteiger partial charge in [-0.2, -0.15) is 0 Å². The Hall–Kier alpha value is -1.29. The van der Waals surface area contributed by atoms with E-state index in [1.54, 1.807) is 0 Å². The molecule has 0 saturated carbocycles. The van der Waals surface area contributed by atoms with Gasteiger partial charge >= 0.3 is 5.97 Å². The van der Waals surface area contributed by atoms with Gasteiger partial charge in [0, 0.05) is 6.54 Å². The van der Waals surface area contributed by atoms with Gasteiger partial charge in [-0.25, -0.2) is 0 Å². The molecular weight excluding hydrogens is 194 g/mol. The van der Waals surface area contributed by atoms with E-state index in [0.717, 1.165) is 17.9 Å². The van der Waals surface area contributed by atoms with E-state index in [1.165, 1.54) is 0 Å². The number of rotatable bonds is 2. The Morgan fingerprint density at radius 1 is 1.53 bits per heavy atom. The zero-order valence-electron chi connectivity index (χ0n) is 8.69. The summed E-state index contributed by atoms with van der Waals surface area (Å²) < 4.78 is 5.51. The number of furan rings is 1. The van der Waals surface area contributed by atoms with Crippen molar-refractivity contribution in [2.24, 2.45) is 5.92 Å². The third-order valence-electron chi connectivity index (χ3n) is 2.87. The molecule has 15 heavy (non-hydrogen) atoms. The molecule has 0 aromatic carbocycles. The zero-order valence-corrected chi connectivity index (χ0v) is 8.69. The van der Waals surface area contributed by atoms with Crippen molar-refractivity contribution in [1.29, 1.82) is 0 Å². The number of hydrogen-bond donors (Lipinski definition) is 2. The minimum absolute atomic E-state index is 0.175. The molecule has 0 aliphatic carbocycles. The van der Waals surface area contributed by atoms with E-state index in [0.29, 0.717) is 13.0 Å². The van der Waals surface area contributed by atoms with Crippen LogP contribution in [-0.2, 0) is 4.79 Å². The minimum Gasteiger partial charge on any atom is -0.481 e. The molecule has 4 heteroatoms. The van der Waals surface area contributed by atoms with Crippen molar-refractivity contribution in [3.8, 4) is 0 Å². The molecule has 0 radical (unpaired) electrons. The van der Waals surface area contributed by atoms with Crippen LogP contribution < -0.4 is 5.32 Å². The summed E-state index contributed by atoms with van der Waals surface area (Å²) in [6, 6.07) is 4.06. The van der Waals surface area contributed by atoms with Crippen LogP contribution in [0, 0.1) is 12.8 Å². The van der Waals surface area contributed by atoms with Crippen LogP contribution in [0.5, 0.6) is 0 Å². The number of aliphatic carboxylic acids is 1. The van der Waals surface area contributed by atoms with Gasteiger partial charge in [0.05, 0.1) is 12.0 Å². The third-order valence-corrected chi connectivity index (χ3v) is 2.87. The van der Waals surface area contributed by atoms with Crippen molar-refractivity contribution in [3.63, 3.8) is 0 Å². The summed E-state index contributed by atoms with van der Waals surface area (Å²) in [7, 11) is 0. The van der Waals surface area contributed by atoms with Crippen LogP contribution in [0.4, 0.5) is 0 Å². The van der Waals surface area contributed by atoms with Crippen LogP contribution in [0.15, 0.2) is 16.5 Å². The minimum atomic E-state index is -0.712. The topological polar surface area (TPSA) is 62.5 Å². The summed E-state index contributed by atoms with van der Waals surface area (Å²) in [5.74, 6) is 0.845. The van der Waals surface area contributed by atoms with Crippen LogP contribution in [0.3, 0.4) is 0 Å². The molecule has 1 aromatic heterocycles. The number of carboxylic acid groups (broad SMARTS) is 1. The maximum atomic E-state index is 10.7. The molecule has 0 amide bonds. The summed E-state index contributed by atoms with van der Waals surface area (Å²) >= 11 is 0. The van der Waals surface area contributed by atoms with Gasteiger partial charge in [0.25, 0.3) is 0 Å². The average molecular weight is 209 g/mol. The van der Waals surface area contributed by atoms with Gasteiger partial charge in [-0.3, -0.25) is 4.79 Å². The molecule has 0 spiro atoms. The van der Waals surface area contributed by atoms with Crippen molar-refractivity contribution < 1.29 is 14.3 Å². The summed E-state index contributed by atoms with van der Waals surface area (Å²) in [5, 5.41) is 12.0. The van der Waals surface area contributed by atoms with E-state index in [-0.39, 0.29) is 12.0 Å². The molecule has 1 saturated heterocycles. The highest BCUT2D eigenvalue weighted by Crippen LogP contribution is 2.26. The van der Waals surface area contributed by atoms with E-state index >= 15 is 0 Å². The molecule has 0 bridgehead atoms. The molecule has 2 unspecified atom stereocenters. The highest BCUT2D eigenvalue weighted by Gasteiger charge is 2.27. The standard InChI is InChI=1S/C11H15NO3/c1-7-2-5-10(15-7)9-4-3-8(6-12-9)11(13)14/h2,5,8-9,12H,3-4,6H2,1H3,(H,13,14). The van der Waals surface area contributed by atoms with E-state index in [9.17, 15) is 4.79 Å². The number of carboxylic acids is 1. The molecular formula is C11H15NO3. The molecule has 1 aliphatic rings. The van der Waals surface area contributed by atoms with Gasteiger partial charge in [0.15, 0.2) is 0 Å². The van der Waals surface area contributed by atoms with Gasteiger partial charge in [-0.05, 0) is 31.9 Å². The highest BCUT2D eigenvalue weighted by atomic mass is 16.4. The fourth-order valence-electron chi connectivity index (χ4n) is 1.95. The maximum Gasteiger partial charge on any atom is 0.307 e. The SMILES string of the molecule is Cc1ccc(C2CCC(C(=O)O)CN2)o1. The van der Waals surface area contributed by atoms with Crippen molar-refractivity contribution in [1.82, 2.24) is 5.32 Å². The van der Waals surface area contributed by atoms with Gasteiger partial charge in [-0.1, -0.05) is 0 Å². The second-order valence-electron chi connectivity index (χ2n) is 4.02. The number of nitrogens with one attached hydrogen (secondary N) is 1. The quantitative estimate of drug-likeness (QED) is 0.778. The van der Waals surface area contributed by atoms with E-state index < -0.39 is 5.97 Å². The second kappa shape index (κ2) is 4.06. The highest BCUT2D eigenvalue weighted by molar-refractivity contribution is 5.70. The monoisotopic (exact) mass is 209 g/mol. The molecule has 2 rings (SSSR count). The first kappa shape index (κ1) is 10.2. The molecule has 82 valence electrons. The van der Waals surface area contributed by atoms with E-state index in [1.807, 2.05) is 19.1 Å². The zero-order chi connectivity index (χ0) is 10.8. The number of hydrogen-bond acceptors (Lipinski definition) is 3. The Morgan fingerprint density at radius 3 is 2.80 bits per heavy atom. The van der Waals surface area contributed by atoms with Gasteiger partial charge < -0.3 is 14.8 Å². The Kier molecular flexibility index (Phi) is 2.77. The normalized spacial score (nSPS) is 26.5. The van der Waals surface area contributed by atoms with Gasteiger partial charge in [0.2, 0.25) is 0 Å². The van der Waals surface area contributed by atoms with Crippen LogP contribution in [-0.4, -0.2) is 17.6 Å². The van der Waals surface area contributed by atoms with Crippen LogP contribution in [0.25, 0.3) is 0 Å². The summed E-state index contributed by atoms with van der Waals surface area (Å²) in [5.41, 5.74) is 0. The molecule has 1 fully saturated rings. The second-order valence-corrected chi connectivity index (χ2v) is 4.02. The lowest BCUT2D eigenvalue weighted by Gasteiger charge is -2.26. The Morgan fingerprint density at radius 2 is 2.33 bits per heavy atom. The predicted octanol–water partition coefficient (Wildman–Crippen LogP) is 1.71. The largest absolute Gasteiger partial charge is 0.481 e. The Bertz CT molecular complexity index is 350. The summed E-state index contributed by atoms with van der Waals surface area (Å²) in [6.45, 7) is 2.44. The fourth-order valence-corrected chi connectivity index (χ4v) is 1.95. The van der Waals surface area contributed by atoms with Gasteiger partial charge in [-0.15, -0.1) is 0 Å². The van der Waals surface area contributed by atoms with Crippen molar-refractivity contribution in [2.45, 2.75) is 25.8 Å². The summed E-state index contributed by atoms with van der Waals surface area (Å²) in [4.78, 5) is 10.7. The maximum absolute atomic E-state index is 10.7. The first-order valence-corrected chi connectivity index (χ1v) is 5.19. The molecule has 1 aliphatic heterocycles. The van der Waals surface area contributed by atoms with Crippen molar-refractivity contribution >= 4 is 5.97 Å². The first-order chi connectivity index (χ1) is 7.16. The van der Waals surface area contributed by atoms with Crippen molar-refractivity contribution in [2.75, 3.05) is 6.54 Å². The molecule has 2 heterocycles. The lowest BCUT2D eigenvalue weighted by Crippen LogP contribution is -2.36. The number of piperidine rings is 1. The van der Waals surface area contributed by atoms with E-state index in [4.69, 9.17) is 9.52 Å². The predicted molar refractivity (Wildman–Crippen MR) is 54.5 cm³/mol. The summed E-state index contributed by atoms with van der Waals surface area (Å²) in [6.07, 6.45) is 1.54. The number of carbonyl (C=O) groups is 1. The lowest BCUT2D eigenvalue weighted by molar-refractivity contribution is -0.142. The molecule has 2 N–H and O–H groups in total. The molecule has 2 atom stereocenters. The first-order valence-electron chi connectivity index (χ1n) is 5.19. The molecule has 4 nitrogen and oxygen atoms in total. The average Bonchev–Trinajstić information content (AvgIpc) is 2.65.